The van der Waals surface area contributed by atoms with Crippen LogP contribution in [0.4, 0.5) is 0 Å². The van der Waals surface area contributed by atoms with Crippen molar-refractivity contribution in [3.05, 3.63) is 37.0 Å². The first-order valence-electron chi connectivity index (χ1n) is 4.01. The Balaban J connectivity index is -0.000000175. The number of nitrogens with one attached hydrogen (secondary N) is 1. The van der Waals surface area contributed by atoms with Gasteiger partial charge in [0.05, 0.1) is 0 Å². The van der Waals surface area contributed by atoms with E-state index in [1.54, 1.807) is 6.08 Å². The van der Waals surface area contributed by atoms with E-state index in [1.165, 1.54) is 6.21 Å². The molecule has 0 aromatic rings. The van der Waals surface area contributed by atoms with E-state index in [2.05, 4.69) is 19.7 Å². The minimum absolute atomic E-state index is 1.02. The van der Waals surface area contributed by atoms with E-state index in [4.69, 9.17) is 5.41 Å². The molecule has 0 radical (unpaired) electrons. The molecule has 0 atom stereocenters. The van der Waals surface area contributed by atoms with Crippen molar-refractivity contribution in [2.24, 2.45) is 0 Å². The highest BCUT2D eigenvalue weighted by atomic mass is 14.3. The Labute approximate surface area is 77.0 Å². The highest BCUT2D eigenvalue weighted by molar-refractivity contribution is 5.70. The molecule has 1 N–H and O–H groups in total. The maximum atomic E-state index is 6.68. The molecule has 0 aliphatic rings. The van der Waals surface area contributed by atoms with Gasteiger partial charge in [-0.2, -0.15) is 0 Å². The molecule has 70 valence electrons. The summed E-state index contributed by atoms with van der Waals surface area (Å²) in [6, 6.07) is 0. The fraction of sp³-hybridized carbons (Fsp3) is 0.364. The zero-order valence-corrected chi connectivity index (χ0v) is 8.78. The van der Waals surface area contributed by atoms with Crippen molar-refractivity contribution >= 4 is 6.21 Å². The van der Waals surface area contributed by atoms with Gasteiger partial charge in [-0.15, -0.1) is 13.2 Å². The second kappa shape index (κ2) is 16.5. The molecular weight excluding hydrogens is 146 g/mol. The van der Waals surface area contributed by atoms with Crippen LogP contribution >= 0.6 is 0 Å². The van der Waals surface area contributed by atoms with Crippen molar-refractivity contribution < 1.29 is 0 Å². The number of hydrogen-bond acceptors (Lipinski definition) is 1. The van der Waals surface area contributed by atoms with Gasteiger partial charge in [-0.3, -0.25) is 0 Å². The van der Waals surface area contributed by atoms with E-state index in [0.29, 0.717) is 0 Å². The van der Waals surface area contributed by atoms with E-state index < -0.39 is 0 Å². The molecule has 0 rings (SSSR count). The topological polar surface area (TPSA) is 23.9 Å². The minimum Gasteiger partial charge on any atom is -0.309 e. The summed E-state index contributed by atoms with van der Waals surface area (Å²) in [5.74, 6) is 0. The molecule has 0 saturated heterocycles. The Hall–Kier alpha value is -1.11. The van der Waals surface area contributed by atoms with Crippen molar-refractivity contribution in [2.75, 3.05) is 0 Å². The fourth-order valence-electron chi connectivity index (χ4n) is 0.267. The third kappa shape index (κ3) is 16.0. The molecule has 12 heavy (non-hydrogen) atoms. The Morgan fingerprint density at radius 2 is 1.50 bits per heavy atom. The lowest BCUT2D eigenvalue weighted by atomic mass is 10.1. The summed E-state index contributed by atoms with van der Waals surface area (Å²) >= 11 is 0. The van der Waals surface area contributed by atoms with Gasteiger partial charge in [0.2, 0.25) is 0 Å². The second-order valence-corrected chi connectivity index (χ2v) is 1.80. The largest absolute Gasteiger partial charge is 0.309 e. The summed E-state index contributed by atoms with van der Waals surface area (Å²) in [4.78, 5) is 0. The Bertz CT molecular complexity index is 143. The minimum atomic E-state index is 1.02. The lowest BCUT2D eigenvalue weighted by Gasteiger charge is -1.92. The predicted molar refractivity (Wildman–Crippen MR) is 60.0 cm³/mol. The van der Waals surface area contributed by atoms with Gasteiger partial charge in [0.1, 0.15) is 0 Å². The van der Waals surface area contributed by atoms with Crippen molar-refractivity contribution in [3.63, 3.8) is 0 Å². The van der Waals surface area contributed by atoms with E-state index in [1.807, 2.05) is 27.7 Å². The summed E-state index contributed by atoms with van der Waals surface area (Å²) in [7, 11) is 0. The van der Waals surface area contributed by atoms with E-state index in [0.717, 1.165) is 11.1 Å². The van der Waals surface area contributed by atoms with Gasteiger partial charge >= 0.3 is 0 Å². The smallest absolute Gasteiger partial charge is 0.0180 e. The van der Waals surface area contributed by atoms with Crippen molar-refractivity contribution in [1.29, 1.82) is 5.41 Å². The fourth-order valence-corrected chi connectivity index (χ4v) is 0.267. The molecule has 0 aromatic carbocycles. The first-order chi connectivity index (χ1) is 5.68. The first-order valence-corrected chi connectivity index (χ1v) is 4.01. The first kappa shape index (κ1) is 17.1. The number of rotatable bonds is 2. The molecule has 0 heterocycles. The Morgan fingerprint density at radius 1 is 1.17 bits per heavy atom. The zero-order valence-electron chi connectivity index (χ0n) is 8.78. The van der Waals surface area contributed by atoms with Crippen LogP contribution in [0.2, 0.25) is 0 Å². The number of hydrogen-bond donors (Lipinski definition) is 1. The van der Waals surface area contributed by atoms with Gasteiger partial charge in [-0.05, 0) is 25.5 Å². The van der Waals surface area contributed by atoms with Crippen molar-refractivity contribution in [1.82, 2.24) is 0 Å². The number of allylic oxidation sites excluding steroid dienone is 3. The highest BCUT2D eigenvalue weighted by Gasteiger charge is 1.83. The molecule has 0 aromatic heterocycles. The molecule has 0 spiro atoms. The van der Waals surface area contributed by atoms with E-state index in [-0.39, 0.29) is 0 Å². The van der Waals surface area contributed by atoms with Crippen LogP contribution in [0.15, 0.2) is 37.0 Å². The molecule has 0 amide bonds. The van der Waals surface area contributed by atoms with Crippen LogP contribution in [0, 0.1) is 5.41 Å². The third-order valence-electron chi connectivity index (χ3n) is 1.01. The summed E-state index contributed by atoms with van der Waals surface area (Å²) in [6.45, 7) is 17.6. The van der Waals surface area contributed by atoms with Gasteiger partial charge in [-0.25, -0.2) is 0 Å². The van der Waals surface area contributed by atoms with Crippen LogP contribution in [-0.2, 0) is 0 Å². The Kier molecular flexibility index (Phi) is 23.5. The quantitative estimate of drug-likeness (QED) is 0.365. The van der Waals surface area contributed by atoms with Crippen LogP contribution in [0.5, 0.6) is 0 Å². The molecular formula is C11H21N. The van der Waals surface area contributed by atoms with Crippen LogP contribution in [0.25, 0.3) is 0 Å². The van der Waals surface area contributed by atoms with Gasteiger partial charge in [0.25, 0.3) is 0 Å². The lowest BCUT2D eigenvalue weighted by molar-refractivity contribution is 1.37. The zero-order chi connectivity index (χ0) is 10.6. The molecule has 0 aliphatic heterocycles. The molecule has 1 heteroatoms. The molecule has 0 unspecified atom stereocenters. The summed E-state index contributed by atoms with van der Waals surface area (Å²) in [5.41, 5.74) is 2.09. The second-order valence-electron chi connectivity index (χ2n) is 1.80. The van der Waals surface area contributed by atoms with Crippen LogP contribution < -0.4 is 0 Å². The summed E-state index contributed by atoms with van der Waals surface area (Å²) in [6.07, 6.45) is 2.99. The third-order valence-corrected chi connectivity index (χ3v) is 1.01. The van der Waals surface area contributed by atoms with E-state index >= 15 is 0 Å². The summed E-state index contributed by atoms with van der Waals surface area (Å²) in [5, 5.41) is 6.68. The van der Waals surface area contributed by atoms with Gasteiger partial charge in [-0.1, -0.05) is 26.0 Å². The van der Waals surface area contributed by atoms with Crippen molar-refractivity contribution in [3.8, 4) is 0 Å². The van der Waals surface area contributed by atoms with Crippen molar-refractivity contribution in [2.45, 2.75) is 27.7 Å². The Morgan fingerprint density at radius 3 is 1.58 bits per heavy atom. The average Bonchev–Trinajstić information content (AvgIpc) is 2.12. The monoisotopic (exact) mass is 167 g/mol. The maximum Gasteiger partial charge on any atom is 0.0180 e. The maximum absolute atomic E-state index is 6.68. The van der Waals surface area contributed by atoms with Gasteiger partial charge in [0.15, 0.2) is 0 Å². The standard InChI is InChI=1S/C7H11N.C2H6.C2H4/c1-6(2)7(3)4-5-8;2*1-2/h4-5,8H,1H2,2-3H3;1-2H3;1-2H2/b7-4-,8-5?;;. The molecule has 1 nitrogen and oxygen atoms in total. The van der Waals surface area contributed by atoms with E-state index in [9.17, 15) is 0 Å². The van der Waals surface area contributed by atoms with Crippen LogP contribution in [0.1, 0.15) is 27.7 Å². The molecule has 0 aliphatic carbocycles. The van der Waals surface area contributed by atoms with Gasteiger partial charge < -0.3 is 5.41 Å². The SMILES string of the molecule is C=C.C=C(C)/C(C)=C\C=N.CC. The lowest BCUT2D eigenvalue weighted by Crippen LogP contribution is -1.74. The van der Waals surface area contributed by atoms with Gasteiger partial charge in [0, 0.05) is 6.21 Å². The predicted octanol–water partition coefficient (Wildman–Crippen LogP) is 3.99. The highest BCUT2D eigenvalue weighted by Crippen LogP contribution is 2.01. The molecule has 0 fully saturated rings. The molecule has 0 saturated carbocycles. The average molecular weight is 167 g/mol. The normalized spacial score (nSPS) is 8.17. The summed E-state index contributed by atoms with van der Waals surface area (Å²) < 4.78 is 0. The van der Waals surface area contributed by atoms with Crippen LogP contribution in [0.3, 0.4) is 0 Å². The van der Waals surface area contributed by atoms with Crippen LogP contribution in [-0.4, -0.2) is 6.21 Å². The molecule has 0 bridgehead atoms.